The number of allylic oxidation sites excluding steroid dienone is 1. The van der Waals surface area contributed by atoms with Gasteiger partial charge in [0.05, 0.1) is 12.8 Å². The molecule has 4 atom stereocenters. The van der Waals surface area contributed by atoms with E-state index in [0.717, 1.165) is 25.7 Å². The lowest BCUT2D eigenvalue weighted by Crippen LogP contribution is -2.58. The highest BCUT2D eigenvalue weighted by Crippen LogP contribution is 2.45. The maximum Gasteiger partial charge on any atom is 0.323 e. The quantitative estimate of drug-likeness (QED) is 0.285. The summed E-state index contributed by atoms with van der Waals surface area (Å²) in [7, 11) is -2.88. The zero-order valence-electron chi connectivity index (χ0n) is 21.9. The molecule has 1 aliphatic carbocycles. The summed E-state index contributed by atoms with van der Waals surface area (Å²) in [6.07, 6.45) is 9.14. The fourth-order valence-corrected chi connectivity index (χ4v) is 6.19. The van der Waals surface area contributed by atoms with E-state index in [1.165, 1.54) is 24.1 Å². The first kappa shape index (κ1) is 28.4. The summed E-state index contributed by atoms with van der Waals surface area (Å²) in [6.45, 7) is 0.356. The highest BCUT2D eigenvalue weighted by atomic mass is 32.2. The number of amides is 4. The minimum Gasteiger partial charge on any atom is -0.497 e. The first-order chi connectivity index (χ1) is 18.7. The minimum absolute atomic E-state index is 0.198. The van der Waals surface area contributed by atoms with Crippen molar-refractivity contribution in [1.29, 1.82) is 0 Å². The van der Waals surface area contributed by atoms with Crippen LogP contribution in [-0.2, 0) is 29.4 Å². The van der Waals surface area contributed by atoms with Gasteiger partial charge in [-0.2, -0.15) is 8.42 Å². The summed E-state index contributed by atoms with van der Waals surface area (Å²) in [5.74, 6) is -1.67. The maximum atomic E-state index is 13.4. The third kappa shape index (κ3) is 6.70. The Morgan fingerprint density at radius 2 is 2.00 bits per heavy atom. The number of carbonyl (C=O) groups is 4. The topological polar surface area (TPSA) is 163 Å². The van der Waals surface area contributed by atoms with E-state index in [-0.39, 0.29) is 18.0 Å². The lowest BCUT2D eigenvalue weighted by molar-refractivity contribution is -0.141. The number of anilines is 1. The molecule has 1 aromatic rings. The number of carbonyl (C=O) groups excluding carboxylic acids is 4. The van der Waals surface area contributed by atoms with Crippen LogP contribution in [0.5, 0.6) is 5.75 Å². The summed E-state index contributed by atoms with van der Waals surface area (Å²) >= 11 is 0. The summed E-state index contributed by atoms with van der Waals surface area (Å²) < 4.78 is 35.1. The number of nitrogens with zero attached hydrogens (tertiary/aromatic N) is 1. The Kier molecular flexibility index (Phi) is 8.78. The molecule has 0 aromatic heterocycles. The van der Waals surface area contributed by atoms with Crippen molar-refractivity contribution >= 4 is 40.0 Å². The van der Waals surface area contributed by atoms with E-state index in [4.69, 9.17) is 4.74 Å². The summed E-state index contributed by atoms with van der Waals surface area (Å²) in [5.41, 5.74) is -1.27. The first-order valence-corrected chi connectivity index (χ1v) is 14.7. The lowest BCUT2D eigenvalue weighted by atomic mass is 10.1. The van der Waals surface area contributed by atoms with Crippen LogP contribution in [0.4, 0.5) is 5.69 Å². The normalized spacial score (nSPS) is 28.4. The van der Waals surface area contributed by atoms with Gasteiger partial charge in [0.25, 0.3) is 5.91 Å². The number of benzene rings is 1. The lowest BCUT2D eigenvalue weighted by Gasteiger charge is -2.29. The van der Waals surface area contributed by atoms with Crippen molar-refractivity contribution in [1.82, 2.24) is 20.3 Å². The smallest absolute Gasteiger partial charge is 0.323 e. The molecule has 212 valence electrons. The van der Waals surface area contributed by atoms with Gasteiger partial charge >= 0.3 is 10.2 Å². The monoisotopic (exact) mass is 561 g/mol. The van der Waals surface area contributed by atoms with Crippen LogP contribution < -0.4 is 24.8 Å². The molecule has 4 amide bonds. The van der Waals surface area contributed by atoms with Crippen LogP contribution in [0, 0.1) is 5.92 Å². The van der Waals surface area contributed by atoms with Crippen molar-refractivity contribution in [2.45, 2.75) is 69.0 Å². The summed E-state index contributed by atoms with van der Waals surface area (Å²) in [6, 6.07) is 4.68. The number of ether oxygens (including phenoxy) is 1. The van der Waals surface area contributed by atoms with Crippen LogP contribution in [0.3, 0.4) is 0 Å². The first-order valence-electron chi connectivity index (χ1n) is 13.2. The molecule has 0 bridgehead atoms. The molecule has 2 fully saturated rings. The van der Waals surface area contributed by atoms with Gasteiger partial charge in [0.1, 0.15) is 23.4 Å². The molecule has 13 heteroatoms. The molecule has 3 aliphatic rings. The van der Waals surface area contributed by atoms with Gasteiger partial charge in [0.2, 0.25) is 18.2 Å². The van der Waals surface area contributed by atoms with Crippen LogP contribution in [0.15, 0.2) is 36.4 Å². The van der Waals surface area contributed by atoms with Gasteiger partial charge in [0, 0.05) is 18.5 Å². The molecule has 39 heavy (non-hydrogen) atoms. The molecule has 4 rings (SSSR count). The van der Waals surface area contributed by atoms with Crippen LogP contribution >= 0.6 is 0 Å². The molecular formula is C26H35N5O7S. The Hall–Kier alpha value is -3.61. The summed E-state index contributed by atoms with van der Waals surface area (Å²) in [5, 5.41) is 5.37. The number of fused-ring (bicyclic) bond motifs is 2. The minimum atomic E-state index is -4.33. The average molecular weight is 562 g/mol. The molecule has 2 heterocycles. The van der Waals surface area contributed by atoms with E-state index in [9.17, 15) is 27.6 Å². The molecule has 0 unspecified atom stereocenters. The van der Waals surface area contributed by atoms with Gasteiger partial charge in [0.15, 0.2) is 0 Å². The maximum absolute atomic E-state index is 13.4. The largest absolute Gasteiger partial charge is 0.497 e. The van der Waals surface area contributed by atoms with Crippen LogP contribution in [0.2, 0.25) is 0 Å². The second-order valence-electron chi connectivity index (χ2n) is 10.1. The van der Waals surface area contributed by atoms with Crippen LogP contribution in [0.25, 0.3) is 0 Å². The Bertz CT molecular complexity index is 1240. The number of hydrogen-bond acceptors (Lipinski definition) is 7. The molecule has 2 aliphatic heterocycles. The molecule has 1 saturated carbocycles. The van der Waals surface area contributed by atoms with Gasteiger partial charge in [-0.05, 0) is 50.7 Å². The molecule has 1 aromatic carbocycles. The van der Waals surface area contributed by atoms with E-state index in [1.807, 2.05) is 12.2 Å². The SMILES string of the molecule is COc1cccc(NS(=O)(=O)NC(=O)[C@@]23C[C@H]2/C=C\CCCCC[C@H](NC=O)C(=O)N2CCC[C@H]2C(=O)N3)c1. The molecule has 1 saturated heterocycles. The standard InChI is InChI=1S/C26H35N5O7S/c1-38-20-11-7-10-19(15-20)29-39(36,37)30-25(35)26-16-18(26)9-5-3-2-4-6-12-21(27-17-32)24(34)31-14-8-13-22(31)23(33)28-26/h5,7,9-11,15,17-18,21-22,29H,2-4,6,8,12-14,16H2,1H3,(H,27,32)(H,28,33)(H,30,35)/b9-5-/t18-,21+,22+,26-/m1/s1. The van der Waals surface area contributed by atoms with Crippen LogP contribution in [-0.4, -0.2) is 68.7 Å². The van der Waals surface area contributed by atoms with Crippen molar-refractivity contribution in [2.24, 2.45) is 5.92 Å². The number of hydrogen-bond donors (Lipinski definition) is 4. The Morgan fingerprint density at radius 3 is 2.77 bits per heavy atom. The summed E-state index contributed by atoms with van der Waals surface area (Å²) in [4.78, 5) is 52.7. The van der Waals surface area contributed by atoms with Gasteiger partial charge in [-0.25, -0.2) is 4.72 Å². The van der Waals surface area contributed by atoms with Crippen molar-refractivity contribution in [3.63, 3.8) is 0 Å². The van der Waals surface area contributed by atoms with E-state index < -0.39 is 45.6 Å². The number of rotatable bonds is 7. The van der Waals surface area contributed by atoms with E-state index in [0.29, 0.717) is 38.0 Å². The van der Waals surface area contributed by atoms with Crippen molar-refractivity contribution in [3.05, 3.63) is 36.4 Å². The zero-order valence-corrected chi connectivity index (χ0v) is 22.7. The highest BCUT2D eigenvalue weighted by molar-refractivity contribution is 7.91. The van der Waals surface area contributed by atoms with Gasteiger partial charge < -0.3 is 20.3 Å². The fourth-order valence-electron chi connectivity index (χ4n) is 5.28. The molecule has 0 radical (unpaired) electrons. The van der Waals surface area contributed by atoms with Crippen molar-refractivity contribution in [2.75, 3.05) is 18.4 Å². The van der Waals surface area contributed by atoms with Gasteiger partial charge in [-0.3, -0.25) is 23.9 Å². The predicted octanol–water partition coefficient (Wildman–Crippen LogP) is 0.969. The fraction of sp³-hybridized carbons (Fsp3) is 0.538. The highest BCUT2D eigenvalue weighted by Gasteiger charge is 2.61. The van der Waals surface area contributed by atoms with Crippen LogP contribution in [0.1, 0.15) is 51.4 Å². The second-order valence-corrected chi connectivity index (χ2v) is 11.5. The predicted molar refractivity (Wildman–Crippen MR) is 143 cm³/mol. The van der Waals surface area contributed by atoms with E-state index in [1.54, 1.807) is 12.1 Å². The third-order valence-corrected chi connectivity index (χ3v) is 8.41. The van der Waals surface area contributed by atoms with E-state index >= 15 is 0 Å². The van der Waals surface area contributed by atoms with Crippen molar-refractivity contribution < 1.29 is 32.3 Å². The van der Waals surface area contributed by atoms with Crippen molar-refractivity contribution in [3.8, 4) is 5.75 Å². The Balaban J connectivity index is 1.54. The second kappa shape index (κ2) is 12.1. The van der Waals surface area contributed by atoms with Gasteiger partial charge in [-0.1, -0.05) is 31.1 Å². The third-order valence-electron chi connectivity index (χ3n) is 7.45. The Morgan fingerprint density at radius 1 is 1.18 bits per heavy atom. The van der Waals surface area contributed by atoms with Gasteiger partial charge in [-0.15, -0.1) is 0 Å². The zero-order chi connectivity index (χ0) is 28.0. The molecule has 12 nitrogen and oxygen atoms in total. The molecule has 4 N–H and O–H groups in total. The van der Waals surface area contributed by atoms with E-state index in [2.05, 4.69) is 20.1 Å². The molecular weight excluding hydrogens is 526 g/mol. The number of methoxy groups -OCH3 is 1. The number of nitrogens with one attached hydrogen (secondary N) is 4. The average Bonchev–Trinajstić information content (AvgIpc) is 3.36. The Labute approximate surface area is 228 Å². The molecule has 0 spiro atoms.